The van der Waals surface area contributed by atoms with Gasteiger partial charge in [-0.25, -0.2) is 0 Å². The molecule has 0 spiro atoms. The smallest absolute Gasteiger partial charge is 0.264 e. The molecular formula is C13H12INO2. The molecule has 0 aliphatic carbocycles. The van der Waals surface area contributed by atoms with E-state index in [1.54, 1.807) is 17.9 Å². The first-order chi connectivity index (χ1) is 8.22. The minimum atomic E-state index is 0.0269. The highest BCUT2D eigenvalue weighted by Crippen LogP contribution is 2.17. The van der Waals surface area contributed by atoms with Crippen LogP contribution in [0.5, 0.6) is 5.75 Å². The van der Waals surface area contributed by atoms with Crippen LogP contribution in [-0.4, -0.2) is 11.7 Å². The topological polar surface area (TPSA) is 31.2 Å². The van der Waals surface area contributed by atoms with Crippen molar-refractivity contribution >= 4 is 22.6 Å². The van der Waals surface area contributed by atoms with Crippen molar-refractivity contribution in [2.45, 2.75) is 6.54 Å². The Morgan fingerprint density at radius 1 is 1.24 bits per heavy atom. The van der Waals surface area contributed by atoms with Gasteiger partial charge in [0.2, 0.25) is 0 Å². The van der Waals surface area contributed by atoms with Crippen LogP contribution in [0.3, 0.4) is 0 Å². The predicted molar refractivity (Wildman–Crippen MR) is 75.5 cm³/mol. The van der Waals surface area contributed by atoms with Gasteiger partial charge in [-0.1, -0.05) is 18.2 Å². The Morgan fingerprint density at radius 3 is 2.76 bits per heavy atom. The maximum atomic E-state index is 11.9. The van der Waals surface area contributed by atoms with E-state index >= 15 is 0 Å². The molecule has 17 heavy (non-hydrogen) atoms. The van der Waals surface area contributed by atoms with Gasteiger partial charge in [0.1, 0.15) is 5.75 Å². The number of halogens is 1. The van der Waals surface area contributed by atoms with Gasteiger partial charge >= 0.3 is 0 Å². The first-order valence-electron chi connectivity index (χ1n) is 5.19. The van der Waals surface area contributed by atoms with E-state index in [-0.39, 0.29) is 5.56 Å². The summed E-state index contributed by atoms with van der Waals surface area (Å²) < 4.78 is 7.67. The van der Waals surface area contributed by atoms with Crippen LogP contribution in [0.2, 0.25) is 0 Å². The molecular weight excluding hydrogens is 329 g/mol. The average Bonchev–Trinajstić information content (AvgIpc) is 2.35. The number of aromatic nitrogens is 1. The third kappa shape index (κ3) is 2.69. The third-order valence-electron chi connectivity index (χ3n) is 2.51. The monoisotopic (exact) mass is 341 g/mol. The summed E-state index contributed by atoms with van der Waals surface area (Å²) in [4.78, 5) is 11.9. The van der Waals surface area contributed by atoms with Crippen LogP contribution in [0.15, 0.2) is 47.4 Å². The normalized spacial score (nSPS) is 10.2. The van der Waals surface area contributed by atoms with Crippen LogP contribution in [0.1, 0.15) is 5.56 Å². The van der Waals surface area contributed by atoms with Crippen molar-refractivity contribution in [3.8, 4) is 5.75 Å². The molecule has 0 radical (unpaired) electrons. The number of hydrogen-bond acceptors (Lipinski definition) is 2. The first-order valence-corrected chi connectivity index (χ1v) is 6.27. The van der Waals surface area contributed by atoms with Gasteiger partial charge in [-0.2, -0.15) is 0 Å². The fraction of sp³-hybridized carbons (Fsp3) is 0.154. The average molecular weight is 341 g/mol. The predicted octanol–water partition coefficient (Wildman–Crippen LogP) is 2.51. The summed E-state index contributed by atoms with van der Waals surface area (Å²) in [6, 6.07) is 11.4. The fourth-order valence-electron chi connectivity index (χ4n) is 1.65. The molecule has 3 nitrogen and oxygen atoms in total. The summed E-state index contributed by atoms with van der Waals surface area (Å²) in [5.74, 6) is 0.804. The summed E-state index contributed by atoms with van der Waals surface area (Å²) in [5, 5.41) is 0. The molecule has 0 amide bonds. The zero-order valence-corrected chi connectivity index (χ0v) is 11.5. The molecule has 0 aliphatic heterocycles. The molecule has 88 valence electrons. The van der Waals surface area contributed by atoms with Crippen molar-refractivity contribution in [2.75, 3.05) is 7.11 Å². The summed E-state index contributed by atoms with van der Waals surface area (Å²) >= 11 is 2.05. The Hall–Kier alpha value is -1.30. The summed E-state index contributed by atoms with van der Waals surface area (Å²) in [6.45, 7) is 0.527. The maximum absolute atomic E-state index is 11.9. The fourth-order valence-corrected chi connectivity index (χ4v) is 2.17. The Balaban J connectivity index is 2.38. The highest BCUT2D eigenvalue weighted by molar-refractivity contribution is 14.1. The second-order valence-corrected chi connectivity index (χ2v) is 4.76. The van der Waals surface area contributed by atoms with Gasteiger partial charge in [0.05, 0.1) is 17.2 Å². The largest absolute Gasteiger partial charge is 0.496 e. The van der Waals surface area contributed by atoms with Crippen LogP contribution < -0.4 is 10.3 Å². The van der Waals surface area contributed by atoms with Crippen molar-refractivity contribution < 1.29 is 4.74 Å². The standard InChI is InChI=1S/C13H12INO2/c1-17-12-7-3-2-5-10(12)9-15-8-4-6-11(14)13(15)16/h2-8H,9H2,1H3. The van der Waals surface area contributed by atoms with Crippen molar-refractivity contribution in [3.05, 3.63) is 62.1 Å². The number of nitrogens with zero attached hydrogens (tertiary/aromatic N) is 1. The Labute approximate surface area is 113 Å². The molecule has 0 unspecified atom stereocenters. The molecule has 0 saturated heterocycles. The van der Waals surface area contributed by atoms with E-state index in [1.807, 2.05) is 59.0 Å². The molecule has 4 heteroatoms. The number of pyridine rings is 1. The van der Waals surface area contributed by atoms with E-state index in [1.165, 1.54) is 0 Å². The van der Waals surface area contributed by atoms with E-state index in [9.17, 15) is 4.79 Å². The van der Waals surface area contributed by atoms with Gasteiger partial charge in [0.25, 0.3) is 5.56 Å². The Bertz CT molecular complexity index is 578. The van der Waals surface area contributed by atoms with Crippen LogP contribution in [0, 0.1) is 3.57 Å². The third-order valence-corrected chi connectivity index (χ3v) is 3.33. The van der Waals surface area contributed by atoms with Crippen molar-refractivity contribution in [3.63, 3.8) is 0 Å². The van der Waals surface area contributed by atoms with Crippen molar-refractivity contribution in [1.29, 1.82) is 0 Å². The van der Waals surface area contributed by atoms with Gasteiger partial charge in [0.15, 0.2) is 0 Å². The van der Waals surface area contributed by atoms with E-state index in [2.05, 4.69) is 0 Å². The number of ether oxygens (including phenoxy) is 1. The van der Waals surface area contributed by atoms with E-state index in [0.717, 1.165) is 14.9 Å². The zero-order chi connectivity index (χ0) is 12.3. The van der Waals surface area contributed by atoms with Crippen molar-refractivity contribution in [1.82, 2.24) is 4.57 Å². The van der Waals surface area contributed by atoms with E-state index in [0.29, 0.717) is 6.54 Å². The number of methoxy groups -OCH3 is 1. The molecule has 0 saturated carbocycles. The second-order valence-electron chi connectivity index (χ2n) is 3.60. The van der Waals surface area contributed by atoms with E-state index < -0.39 is 0 Å². The van der Waals surface area contributed by atoms with E-state index in [4.69, 9.17) is 4.74 Å². The molecule has 1 aromatic heterocycles. The van der Waals surface area contributed by atoms with Crippen LogP contribution in [0.25, 0.3) is 0 Å². The number of para-hydroxylation sites is 1. The summed E-state index contributed by atoms with van der Waals surface area (Å²) in [7, 11) is 1.64. The number of benzene rings is 1. The SMILES string of the molecule is COc1ccccc1Cn1cccc(I)c1=O. The lowest BCUT2D eigenvalue weighted by Crippen LogP contribution is -2.22. The summed E-state index contributed by atoms with van der Waals surface area (Å²) in [5.41, 5.74) is 1.03. The van der Waals surface area contributed by atoms with Crippen LogP contribution >= 0.6 is 22.6 Å². The van der Waals surface area contributed by atoms with Crippen molar-refractivity contribution in [2.24, 2.45) is 0 Å². The second kappa shape index (κ2) is 5.35. The first kappa shape index (κ1) is 12.2. The van der Waals surface area contributed by atoms with Gasteiger partial charge < -0.3 is 9.30 Å². The van der Waals surface area contributed by atoms with Gasteiger partial charge in [0, 0.05) is 11.8 Å². The van der Waals surface area contributed by atoms with Gasteiger partial charge in [-0.05, 0) is 40.8 Å². The van der Waals surface area contributed by atoms with Gasteiger partial charge in [-0.3, -0.25) is 4.79 Å². The number of rotatable bonds is 3. The van der Waals surface area contributed by atoms with Crippen LogP contribution in [0.4, 0.5) is 0 Å². The Kier molecular flexibility index (Phi) is 3.83. The molecule has 0 N–H and O–H groups in total. The lowest BCUT2D eigenvalue weighted by Gasteiger charge is -2.10. The molecule has 0 fully saturated rings. The Morgan fingerprint density at radius 2 is 2.00 bits per heavy atom. The molecule has 0 aliphatic rings. The molecule has 1 aromatic carbocycles. The molecule has 2 rings (SSSR count). The van der Waals surface area contributed by atoms with Gasteiger partial charge in [-0.15, -0.1) is 0 Å². The van der Waals surface area contributed by atoms with Crippen LogP contribution in [-0.2, 0) is 6.54 Å². The highest BCUT2D eigenvalue weighted by atomic mass is 127. The molecule has 0 atom stereocenters. The quantitative estimate of drug-likeness (QED) is 0.804. The molecule has 2 aromatic rings. The minimum Gasteiger partial charge on any atom is -0.496 e. The molecule has 0 bridgehead atoms. The minimum absolute atomic E-state index is 0.0269. The maximum Gasteiger partial charge on any atom is 0.264 e. The zero-order valence-electron chi connectivity index (χ0n) is 9.39. The molecule has 1 heterocycles. The highest BCUT2D eigenvalue weighted by Gasteiger charge is 2.05. The summed E-state index contributed by atoms with van der Waals surface area (Å²) in [6.07, 6.45) is 1.79. The lowest BCUT2D eigenvalue weighted by atomic mass is 10.2. The lowest BCUT2D eigenvalue weighted by molar-refractivity contribution is 0.408. The number of hydrogen-bond donors (Lipinski definition) is 0.